The van der Waals surface area contributed by atoms with Gasteiger partial charge in [0, 0.05) is 24.0 Å². The van der Waals surface area contributed by atoms with Crippen molar-refractivity contribution in [2.75, 3.05) is 5.32 Å². The minimum Gasteiger partial charge on any atom is -0.504 e. The quantitative estimate of drug-likeness (QED) is 0.325. The molecule has 0 spiro atoms. The number of aromatic nitrogens is 6. The maximum absolute atomic E-state index is 13.5. The molecule has 0 atom stereocenters. The lowest BCUT2D eigenvalue weighted by atomic mass is 9.86. The zero-order chi connectivity index (χ0) is 27.2. The topological polar surface area (TPSA) is 154 Å². The first-order valence-corrected chi connectivity index (χ1v) is 11.8. The molecule has 0 radical (unpaired) electrons. The summed E-state index contributed by atoms with van der Waals surface area (Å²) in [6.45, 7) is 8.06. The molecule has 0 saturated carbocycles. The number of nitrogens with zero attached hydrogens (tertiary/aromatic N) is 6. The van der Waals surface area contributed by atoms with E-state index in [0.717, 1.165) is 5.56 Å². The molecule has 0 fully saturated rings. The van der Waals surface area contributed by atoms with E-state index >= 15 is 0 Å². The van der Waals surface area contributed by atoms with Crippen LogP contribution in [0.1, 0.15) is 42.3 Å². The SMILES string of the molecule is Cc1ccc(-n2cc(C(N)=O)c(Nc3cnccn3)n2)c(O)c1-n1ncc2cc(C(C)(C)C)ccc2c1=O. The van der Waals surface area contributed by atoms with Crippen molar-refractivity contribution in [3.8, 4) is 17.1 Å². The third-order valence-electron chi connectivity index (χ3n) is 6.23. The number of nitrogens with one attached hydrogen (secondary N) is 1. The number of phenolic OH excluding ortho intramolecular Hbond substituents is 1. The zero-order valence-electron chi connectivity index (χ0n) is 21.3. The fraction of sp³-hybridized carbons (Fsp3) is 0.185. The lowest BCUT2D eigenvalue weighted by Gasteiger charge is -2.19. The highest BCUT2D eigenvalue weighted by Gasteiger charge is 2.22. The first-order valence-electron chi connectivity index (χ1n) is 11.8. The standard InChI is InChI=1S/C27H26N8O3/c1-15-5-8-20(34-14-19(24(28)37)25(33-34)32-21-13-29-9-10-30-21)23(36)22(15)35-26(38)18-7-6-17(27(2,3)4)11-16(18)12-31-35/h5-14,36H,1-4H3,(H2,28,37)(H,30,32,33). The van der Waals surface area contributed by atoms with Crippen LogP contribution in [0.5, 0.6) is 5.75 Å². The maximum Gasteiger partial charge on any atom is 0.279 e. The number of nitrogens with two attached hydrogens (primary N) is 1. The van der Waals surface area contributed by atoms with E-state index in [9.17, 15) is 14.7 Å². The van der Waals surface area contributed by atoms with Gasteiger partial charge in [-0.3, -0.25) is 14.6 Å². The molecule has 0 saturated heterocycles. The first-order chi connectivity index (χ1) is 18.0. The van der Waals surface area contributed by atoms with Crippen molar-refractivity contribution in [3.63, 3.8) is 0 Å². The van der Waals surface area contributed by atoms with Crippen LogP contribution < -0.4 is 16.6 Å². The third-order valence-corrected chi connectivity index (χ3v) is 6.23. The number of carbonyl (C=O) groups excluding carboxylic acids is 1. The van der Waals surface area contributed by atoms with E-state index in [4.69, 9.17) is 5.73 Å². The molecule has 11 nitrogen and oxygen atoms in total. The summed E-state index contributed by atoms with van der Waals surface area (Å²) in [6, 6.07) is 9.02. The fourth-order valence-electron chi connectivity index (χ4n) is 4.15. The van der Waals surface area contributed by atoms with Crippen molar-refractivity contribution < 1.29 is 9.90 Å². The van der Waals surface area contributed by atoms with Crippen molar-refractivity contribution in [1.82, 2.24) is 29.5 Å². The van der Waals surface area contributed by atoms with Crippen LogP contribution >= 0.6 is 0 Å². The van der Waals surface area contributed by atoms with Crippen LogP contribution in [0.25, 0.3) is 22.1 Å². The highest BCUT2D eigenvalue weighted by molar-refractivity contribution is 5.98. The van der Waals surface area contributed by atoms with Crippen molar-refractivity contribution in [2.24, 2.45) is 5.73 Å². The molecule has 38 heavy (non-hydrogen) atoms. The van der Waals surface area contributed by atoms with Gasteiger partial charge in [-0.05, 0) is 41.7 Å². The number of fused-ring (bicyclic) bond motifs is 1. The van der Waals surface area contributed by atoms with Crippen molar-refractivity contribution in [1.29, 1.82) is 0 Å². The number of amides is 1. The Labute approximate surface area is 217 Å². The molecule has 3 aromatic heterocycles. The van der Waals surface area contributed by atoms with Crippen LogP contribution in [0.4, 0.5) is 11.6 Å². The predicted molar refractivity (Wildman–Crippen MR) is 143 cm³/mol. The van der Waals surface area contributed by atoms with Crippen LogP contribution in [0, 0.1) is 6.92 Å². The summed E-state index contributed by atoms with van der Waals surface area (Å²) in [5.74, 6) is -0.475. The molecule has 5 rings (SSSR count). The van der Waals surface area contributed by atoms with Crippen LogP contribution in [0.3, 0.4) is 0 Å². The molecular formula is C27H26N8O3. The summed E-state index contributed by atoms with van der Waals surface area (Å²) in [4.78, 5) is 33.7. The van der Waals surface area contributed by atoms with Crippen LogP contribution in [0.2, 0.25) is 0 Å². The normalized spacial score (nSPS) is 11.6. The van der Waals surface area contributed by atoms with Gasteiger partial charge in [-0.25, -0.2) is 9.67 Å². The highest BCUT2D eigenvalue weighted by atomic mass is 16.3. The number of hydrogen-bond donors (Lipinski definition) is 3. The fourth-order valence-corrected chi connectivity index (χ4v) is 4.15. The number of rotatable bonds is 5. The average molecular weight is 511 g/mol. The minimum atomic E-state index is -0.725. The molecular weight excluding hydrogens is 484 g/mol. The smallest absolute Gasteiger partial charge is 0.279 e. The predicted octanol–water partition coefficient (Wildman–Crippen LogP) is 3.52. The second-order valence-electron chi connectivity index (χ2n) is 9.93. The minimum absolute atomic E-state index is 0.0767. The molecule has 0 aliphatic rings. The summed E-state index contributed by atoms with van der Waals surface area (Å²) >= 11 is 0. The maximum atomic E-state index is 13.5. The summed E-state index contributed by atoms with van der Waals surface area (Å²) in [7, 11) is 0. The van der Waals surface area contributed by atoms with Gasteiger partial charge in [-0.1, -0.05) is 32.9 Å². The van der Waals surface area contributed by atoms with Crippen LogP contribution in [-0.4, -0.2) is 40.5 Å². The van der Waals surface area contributed by atoms with Crippen molar-refractivity contribution >= 4 is 28.3 Å². The monoisotopic (exact) mass is 510 g/mol. The largest absolute Gasteiger partial charge is 0.504 e. The van der Waals surface area contributed by atoms with E-state index in [-0.39, 0.29) is 39.5 Å². The van der Waals surface area contributed by atoms with E-state index in [0.29, 0.717) is 22.2 Å². The Morgan fingerprint density at radius 2 is 1.89 bits per heavy atom. The van der Waals surface area contributed by atoms with E-state index in [1.54, 1.807) is 31.3 Å². The van der Waals surface area contributed by atoms with Gasteiger partial charge in [-0.2, -0.15) is 9.78 Å². The molecule has 4 N–H and O–H groups in total. The Morgan fingerprint density at radius 3 is 2.58 bits per heavy atom. The Hall–Kier alpha value is -5.06. The number of primary amides is 1. The molecule has 0 unspecified atom stereocenters. The van der Waals surface area contributed by atoms with E-state index < -0.39 is 5.91 Å². The Morgan fingerprint density at radius 1 is 1.11 bits per heavy atom. The second-order valence-corrected chi connectivity index (χ2v) is 9.93. The summed E-state index contributed by atoms with van der Waals surface area (Å²) in [5.41, 5.74) is 7.31. The van der Waals surface area contributed by atoms with Crippen molar-refractivity contribution in [3.05, 3.63) is 88.4 Å². The number of anilines is 2. The molecule has 0 aliphatic carbocycles. The van der Waals surface area contributed by atoms with Crippen LogP contribution in [0.15, 0.2) is 66.1 Å². The van der Waals surface area contributed by atoms with Gasteiger partial charge < -0.3 is 16.2 Å². The first kappa shape index (κ1) is 24.6. The van der Waals surface area contributed by atoms with Gasteiger partial charge >= 0.3 is 0 Å². The number of phenols is 1. The number of benzene rings is 2. The summed E-state index contributed by atoms with van der Waals surface area (Å²) < 4.78 is 2.48. The number of aromatic hydroxyl groups is 1. The molecule has 5 aromatic rings. The zero-order valence-corrected chi connectivity index (χ0v) is 21.3. The Kier molecular flexibility index (Phi) is 5.90. The lowest BCUT2D eigenvalue weighted by Crippen LogP contribution is -2.22. The van der Waals surface area contributed by atoms with E-state index in [2.05, 4.69) is 46.3 Å². The number of aryl methyl sites for hydroxylation is 1. The van der Waals surface area contributed by atoms with Crippen LogP contribution in [-0.2, 0) is 5.41 Å². The molecule has 0 aliphatic heterocycles. The molecule has 192 valence electrons. The lowest BCUT2D eigenvalue weighted by molar-refractivity contribution is 0.100. The molecule has 1 amide bonds. The van der Waals surface area contributed by atoms with Gasteiger partial charge in [0.25, 0.3) is 11.5 Å². The molecule has 0 bridgehead atoms. The molecule has 3 heterocycles. The highest BCUT2D eigenvalue weighted by Crippen LogP contribution is 2.33. The van der Waals surface area contributed by atoms with E-state index in [1.165, 1.54) is 34.2 Å². The van der Waals surface area contributed by atoms with Crippen molar-refractivity contribution in [2.45, 2.75) is 33.1 Å². The molecule has 2 aromatic carbocycles. The van der Waals surface area contributed by atoms with Gasteiger partial charge in [0.15, 0.2) is 11.6 Å². The summed E-state index contributed by atoms with van der Waals surface area (Å²) in [5, 5.41) is 24.2. The van der Waals surface area contributed by atoms with Gasteiger partial charge in [-0.15, -0.1) is 5.10 Å². The average Bonchev–Trinajstić information content (AvgIpc) is 3.29. The summed E-state index contributed by atoms with van der Waals surface area (Å²) in [6.07, 6.45) is 7.46. The Bertz CT molecular complexity index is 1750. The number of hydrogen-bond acceptors (Lipinski definition) is 8. The second kappa shape index (κ2) is 9.11. The van der Waals surface area contributed by atoms with Gasteiger partial charge in [0.2, 0.25) is 0 Å². The van der Waals surface area contributed by atoms with Gasteiger partial charge in [0.1, 0.15) is 22.8 Å². The Balaban J connectivity index is 1.63. The number of carbonyl (C=O) groups is 1. The third kappa shape index (κ3) is 4.34. The molecule has 11 heteroatoms. The van der Waals surface area contributed by atoms with Gasteiger partial charge in [0.05, 0.1) is 17.8 Å². The van der Waals surface area contributed by atoms with E-state index in [1.807, 2.05) is 12.1 Å².